The summed E-state index contributed by atoms with van der Waals surface area (Å²) < 4.78 is 10.3. The fourth-order valence-corrected chi connectivity index (χ4v) is 2.99. The van der Waals surface area contributed by atoms with Gasteiger partial charge in [-0.2, -0.15) is 0 Å². The number of nitrogens with zero attached hydrogens (tertiary/aromatic N) is 1. The number of anilines is 3. The van der Waals surface area contributed by atoms with Crippen LogP contribution in [0.15, 0.2) is 42.5 Å². The maximum absolute atomic E-state index is 11.9. The largest absolute Gasteiger partial charge is 0.495 e. The molecule has 3 rings (SSSR count). The Morgan fingerprint density at radius 3 is 2.50 bits per heavy atom. The standard InChI is InChI=1S/C19H22N2O3/c1-23-18-8-4-3-7-16(18)20-15-10-9-14(19(22)24-2)13-17(15)21-11-5-6-12-21/h3-4,7-10,13,20H,5-6,11-12H2,1-2H3. The van der Waals surface area contributed by atoms with Crippen LogP contribution in [0.4, 0.5) is 17.1 Å². The second kappa shape index (κ2) is 7.25. The van der Waals surface area contributed by atoms with Gasteiger partial charge in [0.15, 0.2) is 0 Å². The molecule has 0 aromatic heterocycles. The van der Waals surface area contributed by atoms with Crippen LogP contribution in [0.3, 0.4) is 0 Å². The van der Waals surface area contributed by atoms with Crippen LogP contribution in [0.2, 0.25) is 0 Å². The van der Waals surface area contributed by atoms with E-state index in [1.165, 1.54) is 7.11 Å². The van der Waals surface area contributed by atoms with Gasteiger partial charge in [0.05, 0.1) is 36.8 Å². The molecule has 1 fully saturated rings. The number of benzene rings is 2. The number of esters is 1. The molecule has 5 heteroatoms. The molecule has 1 saturated heterocycles. The van der Waals surface area contributed by atoms with Crippen molar-refractivity contribution in [1.29, 1.82) is 0 Å². The van der Waals surface area contributed by atoms with Gasteiger partial charge in [-0.05, 0) is 43.2 Å². The zero-order valence-electron chi connectivity index (χ0n) is 14.0. The number of carbonyl (C=O) groups is 1. The Labute approximate surface area is 142 Å². The fraction of sp³-hybridized carbons (Fsp3) is 0.316. The molecule has 0 saturated carbocycles. The average molecular weight is 326 g/mol. The molecule has 1 N–H and O–H groups in total. The summed E-state index contributed by atoms with van der Waals surface area (Å²) in [7, 11) is 3.06. The Bertz CT molecular complexity index is 724. The van der Waals surface area contributed by atoms with Gasteiger partial charge >= 0.3 is 5.97 Å². The molecular formula is C19H22N2O3. The lowest BCUT2D eigenvalue weighted by molar-refractivity contribution is 0.0601. The van der Waals surface area contributed by atoms with Gasteiger partial charge in [0.1, 0.15) is 5.75 Å². The third kappa shape index (κ3) is 3.30. The molecule has 1 aliphatic heterocycles. The first-order valence-electron chi connectivity index (χ1n) is 8.10. The molecule has 0 spiro atoms. The summed E-state index contributed by atoms with van der Waals surface area (Å²) in [5.41, 5.74) is 3.42. The summed E-state index contributed by atoms with van der Waals surface area (Å²) in [4.78, 5) is 14.2. The Morgan fingerprint density at radius 2 is 1.79 bits per heavy atom. The Kier molecular flexibility index (Phi) is 4.89. The van der Waals surface area contributed by atoms with Gasteiger partial charge in [0.25, 0.3) is 0 Å². The Morgan fingerprint density at radius 1 is 1.04 bits per heavy atom. The third-order valence-corrected chi connectivity index (χ3v) is 4.24. The van der Waals surface area contributed by atoms with Crippen LogP contribution in [0.5, 0.6) is 5.75 Å². The van der Waals surface area contributed by atoms with Crippen LogP contribution in [-0.4, -0.2) is 33.3 Å². The van der Waals surface area contributed by atoms with E-state index in [9.17, 15) is 4.79 Å². The summed E-state index contributed by atoms with van der Waals surface area (Å²) in [5, 5.41) is 3.43. The van der Waals surface area contributed by atoms with Gasteiger partial charge in [0, 0.05) is 13.1 Å². The number of hydrogen-bond acceptors (Lipinski definition) is 5. The topological polar surface area (TPSA) is 50.8 Å². The number of ether oxygens (including phenoxy) is 2. The summed E-state index contributed by atoms with van der Waals surface area (Å²) in [6.45, 7) is 1.98. The number of nitrogens with one attached hydrogen (secondary N) is 1. The molecule has 126 valence electrons. The molecule has 0 amide bonds. The van der Waals surface area contributed by atoms with Crippen molar-refractivity contribution in [2.75, 3.05) is 37.5 Å². The van der Waals surface area contributed by atoms with Gasteiger partial charge in [0.2, 0.25) is 0 Å². The van der Waals surface area contributed by atoms with Gasteiger partial charge in [-0.25, -0.2) is 4.79 Å². The highest BCUT2D eigenvalue weighted by molar-refractivity contribution is 5.93. The SMILES string of the molecule is COC(=O)c1ccc(Nc2ccccc2OC)c(N2CCCC2)c1. The van der Waals surface area contributed by atoms with Crippen molar-refractivity contribution in [3.63, 3.8) is 0 Å². The molecule has 0 bridgehead atoms. The van der Waals surface area contributed by atoms with E-state index in [2.05, 4.69) is 10.2 Å². The third-order valence-electron chi connectivity index (χ3n) is 4.24. The first kappa shape index (κ1) is 16.2. The van der Waals surface area contributed by atoms with Crippen LogP contribution in [-0.2, 0) is 4.74 Å². The minimum Gasteiger partial charge on any atom is -0.495 e. The maximum atomic E-state index is 11.9. The lowest BCUT2D eigenvalue weighted by atomic mass is 10.1. The molecule has 1 aliphatic rings. The maximum Gasteiger partial charge on any atom is 0.337 e. The van der Waals surface area contributed by atoms with Gasteiger partial charge in [-0.3, -0.25) is 0 Å². The van der Waals surface area contributed by atoms with Crippen molar-refractivity contribution in [3.05, 3.63) is 48.0 Å². The lowest BCUT2D eigenvalue weighted by Gasteiger charge is -2.23. The monoisotopic (exact) mass is 326 g/mol. The van der Waals surface area contributed by atoms with Crippen LogP contribution in [0, 0.1) is 0 Å². The van der Waals surface area contributed by atoms with Crippen molar-refractivity contribution in [1.82, 2.24) is 0 Å². The number of para-hydroxylation sites is 2. The van der Waals surface area contributed by atoms with Crippen LogP contribution in [0.1, 0.15) is 23.2 Å². The van der Waals surface area contributed by atoms with Crippen molar-refractivity contribution in [3.8, 4) is 5.75 Å². The molecule has 0 unspecified atom stereocenters. The molecule has 0 aliphatic carbocycles. The second-order valence-corrected chi connectivity index (χ2v) is 5.74. The van der Waals surface area contributed by atoms with Crippen molar-refractivity contribution in [2.45, 2.75) is 12.8 Å². The molecule has 0 radical (unpaired) electrons. The molecule has 24 heavy (non-hydrogen) atoms. The summed E-state index contributed by atoms with van der Waals surface area (Å²) >= 11 is 0. The van der Waals surface area contributed by atoms with Gasteiger partial charge in [-0.1, -0.05) is 12.1 Å². The molecule has 0 atom stereocenters. The van der Waals surface area contributed by atoms with E-state index in [0.29, 0.717) is 5.56 Å². The second-order valence-electron chi connectivity index (χ2n) is 5.74. The lowest BCUT2D eigenvalue weighted by Crippen LogP contribution is -2.19. The highest BCUT2D eigenvalue weighted by atomic mass is 16.5. The molecule has 5 nitrogen and oxygen atoms in total. The van der Waals surface area contributed by atoms with Crippen molar-refractivity contribution in [2.24, 2.45) is 0 Å². The first-order valence-corrected chi connectivity index (χ1v) is 8.10. The molecule has 2 aromatic carbocycles. The highest BCUT2D eigenvalue weighted by Crippen LogP contribution is 2.35. The predicted molar refractivity (Wildman–Crippen MR) is 95.5 cm³/mol. The van der Waals surface area contributed by atoms with E-state index >= 15 is 0 Å². The van der Waals surface area contributed by atoms with Crippen LogP contribution < -0.4 is 15.0 Å². The van der Waals surface area contributed by atoms with Crippen molar-refractivity contribution < 1.29 is 14.3 Å². The van der Waals surface area contributed by atoms with Crippen molar-refractivity contribution >= 4 is 23.0 Å². The number of rotatable bonds is 5. The number of hydrogen-bond donors (Lipinski definition) is 1. The van der Waals surface area contributed by atoms with E-state index < -0.39 is 0 Å². The van der Waals surface area contributed by atoms with E-state index in [1.54, 1.807) is 13.2 Å². The van der Waals surface area contributed by atoms with E-state index in [0.717, 1.165) is 48.7 Å². The zero-order chi connectivity index (χ0) is 16.9. The first-order chi connectivity index (χ1) is 11.7. The normalized spacial score (nSPS) is 13.7. The van der Waals surface area contributed by atoms with E-state index in [4.69, 9.17) is 9.47 Å². The smallest absolute Gasteiger partial charge is 0.337 e. The van der Waals surface area contributed by atoms with E-state index in [1.807, 2.05) is 36.4 Å². The summed E-state index contributed by atoms with van der Waals surface area (Å²) in [6.07, 6.45) is 2.33. The minimum atomic E-state index is -0.320. The molecular weight excluding hydrogens is 304 g/mol. The highest BCUT2D eigenvalue weighted by Gasteiger charge is 2.19. The zero-order valence-corrected chi connectivity index (χ0v) is 14.0. The Balaban J connectivity index is 1.98. The average Bonchev–Trinajstić information content (AvgIpc) is 3.16. The van der Waals surface area contributed by atoms with E-state index in [-0.39, 0.29) is 5.97 Å². The van der Waals surface area contributed by atoms with Crippen LogP contribution in [0.25, 0.3) is 0 Å². The fourth-order valence-electron chi connectivity index (χ4n) is 2.99. The van der Waals surface area contributed by atoms with Crippen LogP contribution >= 0.6 is 0 Å². The van der Waals surface area contributed by atoms with Gasteiger partial charge < -0.3 is 19.7 Å². The quantitative estimate of drug-likeness (QED) is 0.846. The molecule has 2 aromatic rings. The predicted octanol–water partition coefficient (Wildman–Crippen LogP) is 3.83. The summed E-state index contributed by atoms with van der Waals surface area (Å²) in [5.74, 6) is 0.459. The number of carbonyl (C=O) groups excluding carboxylic acids is 1. The van der Waals surface area contributed by atoms with Gasteiger partial charge in [-0.15, -0.1) is 0 Å². The minimum absolute atomic E-state index is 0.320. The Hall–Kier alpha value is -2.69. The molecule has 1 heterocycles. The summed E-state index contributed by atoms with van der Waals surface area (Å²) in [6, 6.07) is 13.4. The number of methoxy groups -OCH3 is 2.